The topological polar surface area (TPSA) is 105 Å². The van der Waals surface area contributed by atoms with Crippen molar-refractivity contribution in [2.75, 3.05) is 10.6 Å². The second-order valence-electron chi connectivity index (χ2n) is 4.90. The van der Waals surface area contributed by atoms with Crippen LogP contribution in [0.15, 0.2) is 42.5 Å². The summed E-state index contributed by atoms with van der Waals surface area (Å²) in [6.45, 7) is 0.150. The van der Waals surface area contributed by atoms with E-state index >= 15 is 0 Å². The molecule has 1 heterocycles. The van der Waals surface area contributed by atoms with Crippen molar-refractivity contribution in [3.05, 3.63) is 53.6 Å². The molecule has 1 aliphatic rings. The van der Waals surface area contributed by atoms with Crippen molar-refractivity contribution in [3.63, 3.8) is 0 Å². The van der Waals surface area contributed by atoms with Gasteiger partial charge < -0.3 is 20.5 Å². The van der Waals surface area contributed by atoms with Crippen molar-refractivity contribution >= 4 is 29.2 Å². The van der Waals surface area contributed by atoms with E-state index in [1.807, 2.05) is 0 Å². The van der Waals surface area contributed by atoms with Gasteiger partial charge in [0.15, 0.2) is 0 Å². The average Bonchev–Trinajstić information content (AvgIpc) is 2.90. The molecule has 2 aromatic rings. The van der Waals surface area contributed by atoms with Crippen molar-refractivity contribution < 1.29 is 24.2 Å². The maximum Gasteiger partial charge on any atom is 0.338 e. The van der Waals surface area contributed by atoms with Gasteiger partial charge in [-0.1, -0.05) is 0 Å². The SMILES string of the molecule is O=C(Nc1ccc(O)cc1)C(=O)Nc1ccc2c(c1)COC2=O. The van der Waals surface area contributed by atoms with Gasteiger partial charge in [-0.15, -0.1) is 0 Å². The predicted octanol–water partition coefficient (Wildman–Crippen LogP) is 1.64. The number of benzene rings is 2. The minimum absolute atomic E-state index is 0.0577. The third-order valence-electron chi connectivity index (χ3n) is 3.27. The highest BCUT2D eigenvalue weighted by Crippen LogP contribution is 2.23. The molecule has 7 nitrogen and oxygen atoms in total. The molecule has 0 atom stereocenters. The summed E-state index contributed by atoms with van der Waals surface area (Å²) in [6, 6.07) is 10.4. The van der Waals surface area contributed by atoms with Gasteiger partial charge in [0, 0.05) is 16.9 Å². The number of esters is 1. The van der Waals surface area contributed by atoms with E-state index in [9.17, 15) is 14.4 Å². The summed E-state index contributed by atoms with van der Waals surface area (Å²) in [5.74, 6) is -2.03. The lowest BCUT2D eigenvalue weighted by Crippen LogP contribution is -2.29. The zero-order valence-electron chi connectivity index (χ0n) is 11.8. The Morgan fingerprint density at radius 2 is 1.57 bits per heavy atom. The first-order valence-electron chi connectivity index (χ1n) is 6.74. The number of hydrogen-bond acceptors (Lipinski definition) is 5. The molecule has 0 spiro atoms. The summed E-state index contributed by atoms with van der Waals surface area (Å²) in [5.41, 5.74) is 1.90. The van der Waals surface area contributed by atoms with Crippen LogP contribution in [0, 0.1) is 0 Å². The van der Waals surface area contributed by atoms with E-state index < -0.39 is 17.8 Å². The number of carbonyl (C=O) groups excluding carboxylic acids is 3. The summed E-state index contributed by atoms with van der Waals surface area (Å²) in [5, 5.41) is 14.0. The molecule has 3 rings (SSSR count). The van der Waals surface area contributed by atoms with Gasteiger partial charge in [-0.3, -0.25) is 9.59 Å². The van der Waals surface area contributed by atoms with Gasteiger partial charge in [0.25, 0.3) is 0 Å². The molecule has 0 aliphatic carbocycles. The lowest BCUT2D eigenvalue weighted by atomic mass is 10.1. The van der Waals surface area contributed by atoms with Crippen LogP contribution in [0.5, 0.6) is 5.75 Å². The number of fused-ring (bicyclic) bond motifs is 1. The van der Waals surface area contributed by atoms with E-state index in [1.54, 1.807) is 6.07 Å². The van der Waals surface area contributed by atoms with E-state index in [1.165, 1.54) is 36.4 Å². The second-order valence-corrected chi connectivity index (χ2v) is 4.90. The molecular formula is C16H12N2O5. The lowest BCUT2D eigenvalue weighted by Gasteiger charge is -2.07. The summed E-state index contributed by atoms with van der Waals surface area (Å²) in [7, 11) is 0. The molecule has 0 saturated carbocycles. The van der Waals surface area contributed by atoms with Gasteiger partial charge >= 0.3 is 17.8 Å². The summed E-state index contributed by atoms with van der Waals surface area (Å²) < 4.78 is 4.87. The molecule has 3 N–H and O–H groups in total. The molecule has 1 aliphatic heterocycles. The lowest BCUT2D eigenvalue weighted by molar-refractivity contribution is -0.132. The molecule has 23 heavy (non-hydrogen) atoms. The molecule has 0 bridgehead atoms. The molecule has 0 fully saturated rings. The number of rotatable bonds is 2. The number of anilines is 2. The van der Waals surface area contributed by atoms with Gasteiger partial charge in [0.1, 0.15) is 12.4 Å². The van der Waals surface area contributed by atoms with Gasteiger partial charge in [-0.25, -0.2) is 4.79 Å². The molecule has 2 aromatic carbocycles. The predicted molar refractivity (Wildman–Crippen MR) is 80.9 cm³/mol. The van der Waals surface area contributed by atoms with E-state index in [0.717, 1.165) is 0 Å². The molecule has 0 saturated heterocycles. The van der Waals surface area contributed by atoms with Crippen LogP contribution in [-0.2, 0) is 20.9 Å². The van der Waals surface area contributed by atoms with Gasteiger partial charge in [-0.05, 0) is 42.5 Å². The van der Waals surface area contributed by atoms with Crippen LogP contribution in [-0.4, -0.2) is 22.9 Å². The smallest absolute Gasteiger partial charge is 0.338 e. The summed E-state index contributed by atoms with van der Waals surface area (Å²) >= 11 is 0. The highest BCUT2D eigenvalue weighted by molar-refractivity contribution is 6.43. The second kappa shape index (κ2) is 5.80. The average molecular weight is 312 g/mol. The minimum Gasteiger partial charge on any atom is -0.508 e. The quantitative estimate of drug-likeness (QED) is 0.444. The Kier molecular flexibility index (Phi) is 3.68. The van der Waals surface area contributed by atoms with E-state index in [2.05, 4.69) is 10.6 Å². The molecule has 7 heteroatoms. The van der Waals surface area contributed by atoms with Gasteiger partial charge in [0.2, 0.25) is 0 Å². The molecule has 0 radical (unpaired) electrons. The molecule has 0 aromatic heterocycles. The largest absolute Gasteiger partial charge is 0.508 e. The van der Waals surface area contributed by atoms with Crippen molar-refractivity contribution in [2.45, 2.75) is 6.61 Å². The van der Waals surface area contributed by atoms with Gasteiger partial charge in [0.05, 0.1) is 5.56 Å². The highest BCUT2D eigenvalue weighted by Gasteiger charge is 2.22. The van der Waals surface area contributed by atoms with Gasteiger partial charge in [-0.2, -0.15) is 0 Å². The molecular weight excluding hydrogens is 300 g/mol. The van der Waals surface area contributed by atoms with Crippen LogP contribution < -0.4 is 10.6 Å². The Morgan fingerprint density at radius 3 is 2.26 bits per heavy atom. The first-order valence-corrected chi connectivity index (χ1v) is 6.74. The Bertz CT molecular complexity index is 799. The van der Waals surface area contributed by atoms with Crippen molar-refractivity contribution in [3.8, 4) is 5.75 Å². The molecule has 2 amide bonds. The van der Waals surface area contributed by atoms with Crippen molar-refractivity contribution in [2.24, 2.45) is 0 Å². The number of phenolic OH excluding ortho intramolecular Hbond substituents is 1. The molecule has 116 valence electrons. The summed E-state index contributed by atoms with van der Waals surface area (Å²) in [6.07, 6.45) is 0. The minimum atomic E-state index is -0.844. The normalized spacial score (nSPS) is 12.3. The zero-order chi connectivity index (χ0) is 16.4. The van der Waals surface area contributed by atoms with Crippen molar-refractivity contribution in [1.82, 2.24) is 0 Å². The fraction of sp³-hybridized carbons (Fsp3) is 0.0625. The monoisotopic (exact) mass is 312 g/mol. The third kappa shape index (κ3) is 3.13. The van der Waals surface area contributed by atoms with Crippen LogP contribution >= 0.6 is 0 Å². The number of phenols is 1. The number of carbonyl (C=O) groups is 3. The van der Waals surface area contributed by atoms with Crippen LogP contribution in [0.1, 0.15) is 15.9 Å². The van der Waals surface area contributed by atoms with Crippen molar-refractivity contribution in [1.29, 1.82) is 0 Å². The third-order valence-corrected chi connectivity index (χ3v) is 3.27. The van der Waals surface area contributed by atoms with E-state index in [-0.39, 0.29) is 12.4 Å². The number of hydrogen-bond donors (Lipinski definition) is 3. The number of amides is 2. The molecule has 0 unspecified atom stereocenters. The van der Waals surface area contributed by atoms with Crippen LogP contribution in [0.2, 0.25) is 0 Å². The number of ether oxygens (including phenoxy) is 1. The number of nitrogens with one attached hydrogen (secondary N) is 2. The highest BCUT2D eigenvalue weighted by atomic mass is 16.5. The van der Waals surface area contributed by atoms with Crippen LogP contribution in [0.4, 0.5) is 11.4 Å². The number of cyclic esters (lactones) is 1. The van der Waals surface area contributed by atoms with E-state index in [4.69, 9.17) is 9.84 Å². The number of aromatic hydroxyl groups is 1. The van der Waals surface area contributed by atoms with E-state index in [0.29, 0.717) is 22.5 Å². The van der Waals surface area contributed by atoms with Crippen LogP contribution in [0.3, 0.4) is 0 Å². The first-order chi connectivity index (χ1) is 11.0. The maximum atomic E-state index is 11.9. The Hall–Kier alpha value is -3.35. The Labute approximate surface area is 130 Å². The fourth-order valence-corrected chi connectivity index (χ4v) is 2.13. The Balaban J connectivity index is 1.66. The standard InChI is InChI=1S/C16H12N2O5/c19-12-4-1-10(2-5-12)17-14(20)15(21)18-11-3-6-13-9(7-11)8-23-16(13)22/h1-7,19H,8H2,(H,17,20)(H,18,21). The Morgan fingerprint density at radius 1 is 0.957 bits per heavy atom. The first kappa shape index (κ1) is 14.6. The van der Waals surface area contributed by atoms with Crippen LogP contribution in [0.25, 0.3) is 0 Å². The fourth-order valence-electron chi connectivity index (χ4n) is 2.13. The maximum absolute atomic E-state index is 11.9. The summed E-state index contributed by atoms with van der Waals surface area (Å²) in [4.78, 5) is 35.0. The zero-order valence-corrected chi connectivity index (χ0v) is 11.8.